The van der Waals surface area contributed by atoms with Crippen LogP contribution in [0.3, 0.4) is 0 Å². The van der Waals surface area contributed by atoms with Gasteiger partial charge in [0.2, 0.25) is 0 Å². The summed E-state index contributed by atoms with van der Waals surface area (Å²) in [7, 11) is 0. The van der Waals surface area contributed by atoms with Crippen LogP contribution in [0.5, 0.6) is 0 Å². The second-order valence-electron chi connectivity index (χ2n) is 6.36. The van der Waals surface area contributed by atoms with Gasteiger partial charge >= 0.3 is 5.97 Å². The Kier molecular flexibility index (Phi) is 6.61. The van der Waals surface area contributed by atoms with Gasteiger partial charge in [0.15, 0.2) is 17.5 Å². The average Bonchev–Trinajstić information content (AvgIpc) is 3.13. The molecule has 0 spiro atoms. The van der Waals surface area contributed by atoms with E-state index in [0.717, 1.165) is 16.8 Å². The number of esters is 1. The Bertz CT molecular complexity index is 1030. The molecule has 0 bridgehead atoms. The number of para-hydroxylation sites is 1. The van der Waals surface area contributed by atoms with Crippen LogP contribution in [0.1, 0.15) is 21.6 Å². The van der Waals surface area contributed by atoms with Crippen molar-refractivity contribution < 1.29 is 14.3 Å². The van der Waals surface area contributed by atoms with Gasteiger partial charge in [0, 0.05) is 5.69 Å². The minimum Gasteiger partial charge on any atom is -0.451 e. The summed E-state index contributed by atoms with van der Waals surface area (Å²) in [4.78, 5) is 29.2. The summed E-state index contributed by atoms with van der Waals surface area (Å²) < 4.78 is 6.92. The molecule has 6 nitrogen and oxygen atoms in total. The molecule has 1 N–H and O–H groups in total. The van der Waals surface area contributed by atoms with Crippen molar-refractivity contribution in [2.75, 3.05) is 18.2 Å². The maximum atomic E-state index is 12.6. The summed E-state index contributed by atoms with van der Waals surface area (Å²) in [5.41, 5.74) is 3.38. The molecular formula is C21H20ClN3O3S. The Morgan fingerprint density at radius 3 is 2.59 bits per heavy atom. The first-order valence-electron chi connectivity index (χ1n) is 8.81. The number of aryl methyl sites for hydroxylation is 2. The van der Waals surface area contributed by atoms with Crippen LogP contribution in [-0.2, 0) is 9.53 Å². The largest absolute Gasteiger partial charge is 0.451 e. The second-order valence-corrected chi connectivity index (χ2v) is 7.54. The van der Waals surface area contributed by atoms with Crippen molar-refractivity contribution in [3.63, 3.8) is 0 Å². The number of hydrogen-bond donors (Lipinski definition) is 1. The number of carbonyl (C=O) groups is 2. The van der Waals surface area contributed by atoms with Gasteiger partial charge in [-0.05, 0) is 49.4 Å². The third-order valence-corrected chi connectivity index (χ3v) is 5.12. The van der Waals surface area contributed by atoms with Crippen molar-refractivity contribution in [3.05, 3.63) is 70.5 Å². The highest BCUT2D eigenvalue weighted by Gasteiger charge is 2.20. The Morgan fingerprint density at radius 1 is 1.21 bits per heavy atom. The monoisotopic (exact) mass is 429 g/mol. The van der Waals surface area contributed by atoms with E-state index >= 15 is 0 Å². The van der Waals surface area contributed by atoms with Crippen LogP contribution in [0.2, 0.25) is 5.02 Å². The first-order chi connectivity index (χ1) is 13.9. The predicted octanol–water partition coefficient (Wildman–Crippen LogP) is 4.66. The van der Waals surface area contributed by atoms with Crippen LogP contribution in [0.15, 0.2) is 53.8 Å². The van der Waals surface area contributed by atoms with Gasteiger partial charge in [0.05, 0.1) is 16.9 Å². The van der Waals surface area contributed by atoms with Crippen molar-refractivity contribution in [1.82, 2.24) is 9.55 Å². The van der Waals surface area contributed by atoms with E-state index in [4.69, 9.17) is 16.3 Å². The maximum absolute atomic E-state index is 12.6. The Hall–Kier alpha value is -2.77. The highest BCUT2D eigenvalue weighted by molar-refractivity contribution is 7.98. The summed E-state index contributed by atoms with van der Waals surface area (Å²) in [6, 6.07) is 13.0. The van der Waals surface area contributed by atoms with Crippen LogP contribution in [-0.4, -0.2) is 34.3 Å². The highest BCUT2D eigenvalue weighted by Crippen LogP contribution is 2.27. The van der Waals surface area contributed by atoms with Gasteiger partial charge in [-0.15, -0.1) is 0 Å². The summed E-state index contributed by atoms with van der Waals surface area (Å²) in [6.45, 7) is 3.34. The number of ether oxygens (including phenoxy) is 1. The maximum Gasteiger partial charge on any atom is 0.357 e. The van der Waals surface area contributed by atoms with Gasteiger partial charge in [-0.3, -0.25) is 9.36 Å². The van der Waals surface area contributed by atoms with Crippen molar-refractivity contribution in [2.24, 2.45) is 0 Å². The number of hydrogen-bond acceptors (Lipinski definition) is 5. The number of rotatable bonds is 6. The second kappa shape index (κ2) is 9.15. The third kappa shape index (κ3) is 4.81. The van der Waals surface area contributed by atoms with Crippen LogP contribution < -0.4 is 5.32 Å². The lowest BCUT2D eigenvalue weighted by molar-refractivity contribution is -0.119. The lowest BCUT2D eigenvalue weighted by atomic mass is 10.1. The van der Waals surface area contributed by atoms with Crippen molar-refractivity contribution in [1.29, 1.82) is 0 Å². The molecule has 1 amide bonds. The van der Waals surface area contributed by atoms with E-state index < -0.39 is 18.5 Å². The lowest BCUT2D eigenvalue weighted by Gasteiger charge is -2.13. The lowest BCUT2D eigenvalue weighted by Crippen LogP contribution is -2.22. The number of aromatic nitrogens is 2. The normalized spacial score (nSPS) is 10.6. The smallest absolute Gasteiger partial charge is 0.357 e. The molecule has 2 aromatic carbocycles. The first kappa shape index (κ1) is 21.0. The fourth-order valence-electron chi connectivity index (χ4n) is 2.90. The van der Waals surface area contributed by atoms with E-state index in [0.29, 0.717) is 15.9 Å². The molecule has 3 aromatic rings. The average molecular weight is 430 g/mol. The van der Waals surface area contributed by atoms with E-state index in [1.54, 1.807) is 10.6 Å². The van der Waals surface area contributed by atoms with Gasteiger partial charge in [-0.1, -0.05) is 47.6 Å². The predicted molar refractivity (Wildman–Crippen MR) is 115 cm³/mol. The molecular weight excluding hydrogens is 410 g/mol. The third-order valence-electron chi connectivity index (χ3n) is 4.17. The van der Waals surface area contributed by atoms with Crippen molar-refractivity contribution in [2.45, 2.75) is 19.0 Å². The molecule has 8 heteroatoms. The Labute approximate surface area is 178 Å². The highest BCUT2D eigenvalue weighted by atomic mass is 35.5. The van der Waals surface area contributed by atoms with Gasteiger partial charge < -0.3 is 10.1 Å². The van der Waals surface area contributed by atoms with Gasteiger partial charge in [0.1, 0.15) is 0 Å². The molecule has 0 unspecified atom stereocenters. The summed E-state index contributed by atoms with van der Waals surface area (Å²) >= 11 is 7.62. The van der Waals surface area contributed by atoms with Crippen molar-refractivity contribution >= 4 is 40.9 Å². The fraction of sp³-hybridized carbons (Fsp3) is 0.190. The van der Waals surface area contributed by atoms with E-state index in [9.17, 15) is 9.59 Å². The Morgan fingerprint density at radius 2 is 1.93 bits per heavy atom. The van der Waals surface area contributed by atoms with Crippen LogP contribution in [0, 0.1) is 13.8 Å². The van der Waals surface area contributed by atoms with Crippen molar-refractivity contribution in [3.8, 4) is 5.69 Å². The minimum absolute atomic E-state index is 0.248. The zero-order valence-corrected chi connectivity index (χ0v) is 17.8. The standard InChI is InChI=1S/C21H20ClN3O3S/c1-13-9-14(2)19(16(22)10-13)24-18(26)12-28-20(27)17-11-23-21(29-3)25(17)15-7-5-4-6-8-15/h4-11H,12H2,1-3H3,(H,24,26). The first-order valence-corrected chi connectivity index (χ1v) is 10.4. The summed E-state index contributed by atoms with van der Waals surface area (Å²) in [5.74, 6) is -1.11. The Balaban J connectivity index is 1.72. The molecule has 3 rings (SSSR count). The number of anilines is 1. The fourth-order valence-corrected chi connectivity index (χ4v) is 3.82. The van der Waals surface area contributed by atoms with Crippen LogP contribution in [0.25, 0.3) is 5.69 Å². The quantitative estimate of drug-likeness (QED) is 0.455. The number of halogens is 1. The topological polar surface area (TPSA) is 73.2 Å². The molecule has 0 aliphatic rings. The number of benzene rings is 2. The zero-order chi connectivity index (χ0) is 21.0. The molecule has 0 saturated heterocycles. The molecule has 1 aromatic heterocycles. The molecule has 0 aliphatic carbocycles. The molecule has 0 aliphatic heterocycles. The SMILES string of the molecule is CSc1ncc(C(=O)OCC(=O)Nc2c(C)cc(C)cc2Cl)n1-c1ccccc1. The number of nitrogens with one attached hydrogen (secondary N) is 1. The number of thioether (sulfide) groups is 1. The number of amides is 1. The summed E-state index contributed by atoms with van der Waals surface area (Å²) in [6.07, 6.45) is 3.32. The molecule has 1 heterocycles. The molecule has 0 radical (unpaired) electrons. The summed E-state index contributed by atoms with van der Waals surface area (Å²) in [5, 5.41) is 3.79. The van der Waals surface area contributed by atoms with E-state index in [2.05, 4.69) is 10.3 Å². The number of carbonyl (C=O) groups excluding carboxylic acids is 2. The van der Waals surface area contributed by atoms with E-state index in [1.807, 2.05) is 56.5 Å². The van der Waals surface area contributed by atoms with E-state index in [1.165, 1.54) is 18.0 Å². The van der Waals surface area contributed by atoms with Gasteiger partial charge in [-0.25, -0.2) is 9.78 Å². The van der Waals surface area contributed by atoms with Gasteiger partial charge in [0.25, 0.3) is 5.91 Å². The zero-order valence-electron chi connectivity index (χ0n) is 16.2. The molecule has 0 atom stereocenters. The minimum atomic E-state index is -0.636. The van der Waals surface area contributed by atoms with E-state index in [-0.39, 0.29) is 5.69 Å². The van der Waals surface area contributed by atoms with Crippen LogP contribution >= 0.6 is 23.4 Å². The number of imidazole rings is 1. The molecule has 0 saturated carbocycles. The molecule has 29 heavy (non-hydrogen) atoms. The molecule has 150 valence electrons. The molecule has 0 fully saturated rings. The van der Waals surface area contributed by atoms with Gasteiger partial charge in [-0.2, -0.15) is 0 Å². The van der Waals surface area contributed by atoms with Crippen LogP contribution in [0.4, 0.5) is 5.69 Å². The number of nitrogens with zero attached hydrogens (tertiary/aromatic N) is 2.